The molecule has 0 saturated carbocycles. The molecule has 130 valence electrons. The summed E-state index contributed by atoms with van der Waals surface area (Å²) in [5.41, 5.74) is 1.81. The molecular weight excluding hydrogens is 344 g/mol. The third-order valence-corrected chi connectivity index (χ3v) is 4.42. The van der Waals surface area contributed by atoms with Gasteiger partial charge in [-0.1, -0.05) is 17.7 Å². The lowest BCUT2D eigenvalue weighted by Gasteiger charge is -2.22. The van der Waals surface area contributed by atoms with E-state index < -0.39 is 5.97 Å². The van der Waals surface area contributed by atoms with E-state index in [0.717, 1.165) is 5.56 Å². The Kier molecular flexibility index (Phi) is 4.08. The SMILES string of the molecule is Cc1ccc2c(=O)c3c(O)cc(Cl)c(N(C)C)c3n(CC(=O)O)c2c1. The standard InChI is InChI=1S/C18H17ClN2O4/c1-9-4-5-10-12(6-9)21(8-14(23)24)17-15(18(10)25)13(22)7-11(19)16(17)20(2)3/h4-7,22H,8H2,1-3H3,(H,23,24). The highest BCUT2D eigenvalue weighted by atomic mass is 35.5. The number of carboxylic acid groups (broad SMARTS) is 1. The third kappa shape index (κ3) is 2.68. The van der Waals surface area contributed by atoms with Crippen LogP contribution in [0.3, 0.4) is 0 Å². The molecular formula is C18H17ClN2O4. The molecule has 0 amide bonds. The normalized spacial score (nSPS) is 11.2. The zero-order valence-electron chi connectivity index (χ0n) is 14.0. The Bertz CT molecular complexity index is 1090. The van der Waals surface area contributed by atoms with Gasteiger partial charge in [0.05, 0.1) is 27.1 Å². The number of fused-ring (bicyclic) bond motifs is 2. The molecule has 0 saturated heterocycles. The van der Waals surface area contributed by atoms with Crippen molar-refractivity contribution in [3.63, 3.8) is 0 Å². The number of carboxylic acids is 1. The van der Waals surface area contributed by atoms with Crippen molar-refractivity contribution < 1.29 is 15.0 Å². The summed E-state index contributed by atoms with van der Waals surface area (Å²) in [6.45, 7) is 1.50. The Labute approximate surface area is 148 Å². The molecule has 3 aromatic rings. The van der Waals surface area contributed by atoms with Gasteiger partial charge in [0.15, 0.2) is 0 Å². The number of hydrogen-bond donors (Lipinski definition) is 2. The van der Waals surface area contributed by atoms with Gasteiger partial charge in [-0.2, -0.15) is 0 Å². The summed E-state index contributed by atoms with van der Waals surface area (Å²) < 4.78 is 1.52. The Balaban J connectivity index is 2.71. The number of anilines is 1. The van der Waals surface area contributed by atoms with Crippen molar-refractivity contribution in [1.82, 2.24) is 4.57 Å². The summed E-state index contributed by atoms with van der Waals surface area (Å²) >= 11 is 6.28. The average Bonchev–Trinajstić information content (AvgIpc) is 2.49. The van der Waals surface area contributed by atoms with Crippen molar-refractivity contribution >= 4 is 45.1 Å². The van der Waals surface area contributed by atoms with Gasteiger partial charge in [0.25, 0.3) is 0 Å². The smallest absolute Gasteiger partial charge is 0.323 e. The van der Waals surface area contributed by atoms with Gasteiger partial charge in [-0.05, 0) is 24.6 Å². The predicted octanol–water partition coefficient (Wildman–Crippen LogP) is 2.97. The van der Waals surface area contributed by atoms with Gasteiger partial charge in [0, 0.05) is 25.5 Å². The highest BCUT2D eigenvalue weighted by Crippen LogP contribution is 2.38. The fourth-order valence-electron chi connectivity index (χ4n) is 3.14. The molecule has 1 heterocycles. The second-order valence-corrected chi connectivity index (χ2v) is 6.58. The molecule has 0 atom stereocenters. The van der Waals surface area contributed by atoms with Crippen LogP contribution >= 0.6 is 11.6 Å². The zero-order valence-corrected chi connectivity index (χ0v) is 14.8. The molecule has 3 rings (SSSR count). The van der Waals surface area contributed by atoms with Crippen LogP contribution < -0.4 is 10.3 Å². The Morgan fingerprint density at radius 1 is 1.28 bits per heavy atom. The molecule has 0 spiro atoms. The first kappa shape index (κ1) is 17.1. The maximum absolute atomic E-state index is 13.0. The lowest BCUT2D eigenvalue weighted by atomic mass is 10.0. The first-order chi connectivity index (χ1) is 11.7. The topological polar surface area (TPSA) is 82.8 Å². The molecule has 25 heavy (non-hydrogen) atoms. The number of aryl methyl sites for hydroxylation is 1. The molecule has 1 aromatic heterocycles. The minimum Gasteiger partial charge on any atom is -0.507 e. The van der Waals surface area contributed by atoms with Crippen molar-refractivity contribution in [3.8, 4) is 5.75 Å². The molecule has 7 heteroatoms. The molecule has 0 radical (unpaired) electrons. The van der Waals surface area contributed by atoms with E-state index in [-0.39, 0.29) is 28.1 Å². The number of phenolic OH excluding ortho intramolecular Hbond substituents is 1. The van der Waals surface area contributed by atoms with Gasteiger partial charge in [0.1, 0.15) is 12.3 Å². The van der Waals surface area contributed by atoms with Crippen LogP contribution in [0.25, 0.3) is 21.8 Å². The lowest BCUT2D eigenvalue weighted by molar-refractivity contribution is -0.137. The van der Waals surface area contributed by atoms with Gasteiger partial charge in [-0.25, -0.2) is 0 Å². The van der Waals surface area contributed by atoms with E-state index in [0.29, 0.717) is 22.1 Å². The number of nitrogens with zero attached hydrogens (tertiary/aromatic N) is 2. The van der Waals surface area contributed by atoms with Gasteiger partial charge in [-0.15, -0.1) is 0 Å². The number of aliphatic carboxylic acids is 1. The number of aromatic hydroxyl groups is 1. The van der Waals surface area contributed by atoms with Gasteiger partial charge in [-0.3, -0.25) is 9.59 Å². The fraction of sp³-hybridized carbons (Fsp3) is 0.222. The van der Waals surface area contributed by atoms with Gasteiger partial charge >= 0.3 is 5.97 Å². The van der Waals surface area contributed by atoms with E-state index >= 15 is 0 Å². The van der Waals surface area contributed by atoms with Crippen molar-refractivity contribution in [3.05, 3.63) is 45.1 Å². The molecule has 0 unspecified atom stereocenters. The number of aromatic nitrogens is 1. The first-order valence-corrected chi connectivity index (χ1v) is 7.97. The van der Waals surface area contributed by atoms with Crippen LogP contribution in [-0.4, -0.2) is 34.8 Å². The molecule has 6 nitrogen and oxygen atoms in total. The number of carbonyl (C=O) groups is 1. The Morgan fingerprint density at radius 2 is 1.96 bits per heavy atom. The summed E-state index contributed by atoms with van der Waals surface area (Å²) in [5.74, 6) is -1.32. The number of halogens is 1. The van der Waals surface area contributed by atoms with Crippen LogP contribution in [0.4, 0.5) is 5.69 Å². The number of benzene rings is 2. The number of rotatable bonds is 3. The second kappa shape index (κ2) is 5.97. The monoisotopic (exact) mass is 360 g/mol. The summed E-state index contributed by atoms with van der Waals surface area (Å²) in [6.07, 6.45) is 0. The maximum Gasteiger partial charge on any atom is 0.323 e. The highest BCUT2D eigenvalue weighted by Gasteiger charge is 2.22. The van der Waals surface area contributed by atoms with Crippen molar-refractivity contribution in [2.45, 2.75) is 13.5 Å². The van der Waals surface area contributed by atoms with E-state index in [1.54, 1.807) is 37.2 Å². The fourth-order valence-corrected chi connectivity index (χ4v) is 3.50. The van der Waals surface area contributed by atoms with Crippen molar-refractivity contribution in [2.75, 3.05) is 19.0 Å². The Morgan fingerprint density at radius 3 is 2.56 bits per heavy atom. The van der Waals surface area contributed by atoms with Crippen LogP contribution in [-0.2, 0) is 11.3 Å². The molecule has 0 aliphatic heterocycles. The zero-order chi connectivity index (χ0) is 18.5. The van der Waals surface area contributed by atoms with E-state index in [1.165, 1.54) is 10.6 Å². The summed E-state index contributed by atoms with van der Waals surface area (Å²) in [7, 11) is 3.49. The molecule has 0 aliphatic rings. The summed E-state index contributed by atoms with van der Waals surface area (Å²) in [6, 6.07) is 6.50. The Hall–Kier alpha value is -2.73. The van der Waals surface area contributed by atoms with Crippen molar-refractivity contribution in [1.29, 1.82) is 0 Å². The highest BCUT2D eigenvalue weighted by molar-refractivity contribution is 6.35. The second-order valence-electron chi connectivity index (χ2n) is 6.17. The van der Waals surface area contributed by atoms with E-state index in [1.807, 2.05) is 6.92 Å². The van der Waals surface area contributed by atoms with Crippen LogP contribution in [0.2, 0.25) is 5.02 Å². The first-order valence-electron chi connectivity index (χ1n) is 7.59. The van der Waals surface area contributed by atoms with Crippen LogP contribution in [0.5, 0.6) is 5.75 Å². The van der Waals surface area contributed by atoms with Crippen molar-refractivity contribution in [2.24, 2.45) is 0 Å². The molecule has 0 fully saturated rings. The average molecular weight is 361 g/mol. The van der Waals surface area contributed by atoms with Crippen LogP contribution in [0.15, 0.2) is 29.1 Å². The van der Waals surface area contributed by atoms with Gasteiger partial charge < -0.3 is 19.7 Å². The van der Waals surface area contributed by atoms with Crippen LogP contribution in [0, 0.1) is 6.92 Å². The molecule has 0 bridgehead atoms. The van der Waals surface area contributed by atoms with Crippen LogP contribution in [0.1, 0.15) is 5.56 Å². The summed E-state index contributed by atoms with van der Waals surface area (Å²) in [4.78, 5) is 26.1. The largest absolute Gasteiger partial charge is 0.507 e. The number of phenols is 1. The minimum absolute atomic E-state index is 0.0608. The number of hydrogen-bond acceptors (Lipinski definition) is 4. The molecule has 2 aromatic carbocycles. The predicted molar refractivity (Wildman–Crippen MR) is 99.1 cm³/mol. The molecule has 2 N–H and O–H groups in total. The maximum atomic E-state index is 13.0. The van der Waals surface area contributed by atoms with E-state index in [9.17, 15) is 19.8 Å². The van der Waals surface area contributed by atoms with Gasteiger partial charge in [0.2, 0.25) is 5.43 Å². The third-order valence-electron chi connectivity index (χ3n) is 4.13. The lowest BCUT2D eigenvalue weighted by Crippen LogP contribution is -2.20. The van der Waals surface area contributed by atoms with E-state index in [2.05, 4.69) is 0 Å². The summed E-state index contributed by atoms with van der Waals surface area (Å²) in [5, 5.41) is 20.4. The van der Waals surface area contributed by atoms with E-state index in [4.69, 9.17) is 11.6 Å². The quantitative estimate of drug-likeness (QED) is 0.702. The number of pyridine rings is 1. The molecule has 0 aliphatic carbocycles. The minimum atomic E-state index is -1.06.